The maximum absolute atomic E-state index is 13.2. The molecule has 7 heteroatoms. The summed E-state index contributed by atoms with van der Waals surface area (Å²) in [6.07, 6.45) is 1.57. The van der Waals surface area contributed by atoms with E-state index < -0.39 is 16.8 Å². The first-order valence-corrected chi connectivity index (χ1v) is 9.58. The number of nitro groups is 1. The number of nitrogens with one attached hydrogen (secondary N) is 1. The molecule has 0 aliphatic heterocycles. The van der Waals surface area contributed by atoms with Crippen LogP contribution in [-0.2, 0) is 9.53 Å². The standard InChI is InChI=1S/C24H20N2O5/c1-2-31-24(28)20-13-6-7-14-22(20)25-23(27)21(18-10-4-3-5-11-18)16-17-9-8-12-19(15-17)26(29)30/h3-16H,2H2,1H3,(H,25,27)/b21-16+. The summed E-state index contributed by atoms with van der Waals surface area (Å²) in [5.74, 6) is -1.00. The third-order valence-electron chi connectivity index (χ3n) is 4.39. The summed E-state index contributed by atoms with van der Waals surface area (Å²) >= 11 is 0. The fourth-order valence-corrected chi connectivity index (χ4v) is 2.96. The lowest BCUT2D eigenvalue weighted by Crippen LogP contribution is -2.17. The Morgan fingerprint density at radius 1 is 1.00 bits per heavy atom. The van der Waals surface area contributed by atoms with Crippen LogP contribution in [0.1, 0.15) is 28.4 Å². The van der Waals surface area contributed by atoms with E-state index in [9.17, 15) is 19.7 Å². The van der Waals surface area contributed by atoms with E-state index in [-0.39, 0.29) is 17.9 Å². The van der Waals surface area contributed by atoms with Crippen molar-refractivity contribution in [3.63, 3.8) is 0 Å². The molecule has 0 unspecified atom stereocenters. The average molecular weight is 416 g/mol. The zero-order valence-corrected chi connectivity index (χ0v) is 16.8. The van der Waals surface area contributed by atoms with Crippen LogP contribution >= 0.6 is 0 Å². The maximum atomic E-state index is 13.2. The Balaban J connectivity index is 2.00. The zero-order valence-electron chi connectivity index (χ0n) is 16.8. The summed E-state index contributed by atoms with van der Waals surface area (Å²) < 4.78 is 5.06. The third-order valence-corrected chi connectivity index (χ3v) is 4.39. The highest BCUT2D eigenvalue weighted by molar-refractivity contribution is 6.29. The van der Waals surface area contributed by atoms with E-state index in [1.54, 1.807) is 73.7 Å². The number of anilines is 1. The fraction of sp³-hybridized carbons (Fsp3) is 0.0833. The summed E-state index contributed by atoms with van der Waals surface area (Å²) in [6.45, 7) is 1.91. The van der Waals surface area contributed by atoms with Gasteiger partial charge in [-0.15, -0.1) is 0 Å². The molecule has 1 N–H and O–H groups in total. The first-order chi connectivity index (χ1) is 15.0. The number of para-hydroxylation sites is 1. The van der Waals surface area contributed by atoms with Gasteiger partial charge in [0.25, 0.3) is 11.6 Å². The highest BCUT2D eigenvalue weighted by atomic mass is 16.6. The van der Waals surface area contributed by atoms with Gasteiger partial charge in [0.05, 0.1) is 22.8 Å². The van der Waals surface area contributed by atoms with E-state index in [1.807, 2.05) is 6.07 Å². The molecule has 3 aromatic carbocycles. The molecular weight excluding hydrogens is 396 g/mol. The van der Waals surface area contributed by atoms with Gasteiger partial charge in [0, 0.05) is 17.7 Å². The highest BCUT2D eigenvalue weighted by Crippen LogP contribution is 2.24. The molecule has 0 fully saturated rings. The molecule has 0 saturated carbocycles. The predicted octanol–water partition coefficient (Wildman–Crippen LogP) is 4.95. The maximum Gasteiger partial charge on any atom is 0.340 e. The Hall–Kier alpha value is -4.26. The van der Waals surface area contributed by atoms with Crippen LogP contribution in [0, 0.1) is 10.1 Å². The van der Waals surface area contributed by atoms with Crippen molar-refractivity contribution in [1.29, 1.82) is 0 Å². The molecule has 3 rings (SSSR count). The monoisotopic (exact) mass is 416 g/mol. The molecule has 0 spiro atoms. The van der Waals surface area contributed by atoms with Crippen molar-refractivity contribution < 1.29 is 19.2 Å². The van der Waals surface area contributed by atoms with Gasteiger partial charge in [0.2, 0.25) is 0 Å². The van der Waals surface area contributed by atoms with E-state index in [2.05, 4.69) is 5.32 Å². The number of nitrogens with zero attached hydrogens (tertiary/aromatic N) is 1. The number of non-ortho nitro benzene ring substituents is 1. The first-order valence-electron chi connectivity index (χ1n) is 9.58. The average Bonchev–Trinajstić information content (AvgIpc) is 2.78. The van der Waals surface area contributed by atoms with Gasteiger partial charge in [-0.25, -0.2) is 4.79 Å². The molecule has 1 amide bonds. The van der Waals surface area contributed by atoms with E-state index in [1.165, 1.54) is 12.1 Å². The molecule has 3 aromatic rings. The van der Waals surface area contributed by atoms with Crippen LogP contribution in [0.4, 0.5) is 11.4 Å². The minimum Gasteiger partial charge on any atom is -0.462 e. The lowest BCUT2D eigenvalue weighted by molar-refractivity contribution is -0.384. The Morgan fingerprint density at radius 2 is 1.71 bits per heavy atom. The summed E-state index contributed by atoms with van der Waals surface area (Å²) in [4.78, 5) is 36.0. The lowest BCUT2D eigenvalue weighted by atomic mass is 10.0. The topological polar surface area (TPSA) is 98.5 Å². The number of carbonyl (C=O) groups excluding carboxylic acids is 2. The second-order valence-corrected chi connectivity index (χ2v) is 6.50. The smallest absolute Gasteiger partial charge is 0.340 e. The molecule has 7 nitrogen and oxygen atoms in total. The third kappa shape index (κ3) is 5.42. The van der Waals surface area contributed by atoms with Crippen LogP contribution in [0.25, 0.3) is 11.6 Å². The number of ether oxygens (including phenoxy) is 1. The largest absolute Gasteiger partial charge is 0.462 e. The number of hydrogen-bond donors (Lipinski definition) is 1. The van der Waals surface area contributed by atoms with Gasteiger partial charge < -0.3 is 10.1 Å². The van der Waals surface area contributed by atoms with Gasteiger partial charge in [-0.05, 0) is 36.3 Å². The van der Waals surface area contributed by atoms with Crippen LogP contribution in [0.15, 0.2) is 78.9 Å². The van der Waals surface area contributed by atoms with E-state index in [0.717, 1.165) is 0 Å². The number of esters is 1. The number of benzene rings is 3. The summed E-state index contributed by atoms with van der Waals surface area (Å²) in [7, 11) is 0. The van der Waals surface area contributed by atoms with Crippen molar-refractivity contribution in [2.75, 3.05) is 11.9 Å². The molecule has 0 aromatic heterocycles. The normalized spacial score (nSPS) is 10.9. The minimum absolute atomic E-state index is 0.0748. The first kappa shape index (κ1) is 21.4. The summed E-state index contributed by atoms with van der Waals surface area (Å²) in [6, 6.07) is 21.5. The number of hydrogen-bond acceptors (Lipinski definition) is 5. The molecule has 0 heterocycles. The SMILES string of the molecule is CCOC(=O)c1ccccc1NC(=O)/C(=C/c1cccc([N+](=O)[O-])c1)c1ccccc1. The second kappa shape index (κ2) is 9.98. The summed E-state index contributed by atoms with van der Waals surface area (Å²) in [5.41, 5.74) is 1.89. The Labute approximate surface area is 179 Å². The number of amides is 1. The molecule has 0 aliphatic carbocycles. The van der Waals surface area contributed by atoms with E-state index in [0.29, 0.717) is 22.4 Å². The zero-order chi connectivity index (χ0) is 22.2. The van der Waals surface area contributed by atoms with E-state index >= 15 is 0 Å². The van der Waals surface area contributed by atoms with Gasteiger partial charge >= 0.3 is 5.97 Å². The van der Waals surface area contributed by atoms with Crippen molar-refractivity contribution in [3.05, 3.63) is 106 Å². The number of carbonyl (C=O) groups is 2. The van der Waals surface area contributed by atoms with Crippen molar-refractivity contribution in [1.82, 2.24) is 0 Å². The molecular formula is C24H20N2O5. The van der Waals surface area contributed by atoms with Crippen LogP contribution in [0.3, 0.4) is 0 Å². The van der Waals surface area contributed by atoms with Gasteiger partial charge in [-0.3, -0.25) is 14.9 Å². The molecule has 31 heavy (non-hydrogen) atoms. The molecule has 0 radical (unpaired) electrons. The van der Waals surface area contributed by atoms with Crippen molar-refractivity contribution in [3.8, 4) is 0 Å². The quantitative estimate of drug-likeness (QED) is 0.193. The van der Waals surface area contributed by atoms with Crippen LogP contribution < -0.4 is 5.32 Å². The molecule has 156 valence electrons. The molecule has 0 saturated heterocycles. The van der Waals surface area contributed by atoms with Gasteiger partial charge in [-0.2, -0.15) is 0 Å². The minimum atomic E-state index is -0.540. The van der Waals surface area contributed by atoms with E-state index in [4.69, 9.17) is 4.74 Å². The molecule has 0 bridgehead atoms. The fourth-order valence-electron chi connectivity index (χ4n) is 2.96. The van der Waals surface area contributed by atoms with Crippen molar-refractivity contribution in [2.45, 2.75) is 6.92 Å². The predicted molar refractivity (Wildman–Crippen MR) is 118 cm³/mol. The van der Waals surface area contributed by atoms with Crippen LogP contribution in [0.2, 0.25) is 0 Å². The van der Waals surface area contributed by atoms with Crippen LogP contribution in [0.5, 0.6) is 0 Å². The number of nitro benzene ring substituents is 1. The van der Waals surface area contributed by atoms with Gasteiger partial charge in [0.1, 0.15) is 0 Å². The molecule has 0 aliphatic rings. The van der Waals surface area contributed by atoms with Crippen molar-refractivity contribution in [2.24, 2.45) is 0 Å². The highest BCUT2D eigenvalue weighted by Gasteiger charge is 2.18. The van der Waals surface area contributed by atoms with Gasteiger partial charge in [0.15, 0.2) is 0 Å². The Morgan fingerprint density at radius 3 is 2.42 bits per heavy atom. The Kier molecular flexibility index (Phi) is 6.90. The van der Waals surface area contributed by atoms with Crippen molar-refractivity contribution >= 4 is 34.9 Å². The van der Waals surface area contributed by atoms with Crippen LogP contribution in [-0.4, -0.2) is 23.4 Å². The Bertz CT molecular complexity index is 1140. The summed E-state index contributed by atoms with van der Waals surface area (Å²) in [5, 5.41) is 13.9. The lowest BCUT2D eigenvalue weighted by Gasteiger charge is -2.13. The number of rotatable bonds is 7. The van der Waals surface area contributed by atoms with Gasteiger partial charge in [-0.1, -0.05) is 54.6 Å². The molecule has 0 atom stereocenters. The second-order valence-electron chi connectivity index (χ2n) is 6.50.